The zero-order valence-electron chi connectivity index (χ0n) is 12.7. The van der Waals surface area contributed by atoms with Gasteiger partial charge in [-0.05, 0) is 79.9 Å². The van der Waals surface area contributed by atoms with Gasteiger partial charge in [-0.15, -0.1) is 0 Å². The van der Waals surface area contributed by atoms with E-state index in [1.165, 1.54) is 13.8 Å². The van der Waals surface area contributed by atoms with Crippen molar-refractivity contribution in [3.8, 4) is 0 Å². The number of rotatable bonds is 6. The number of amides is 2. The Morgan fingerprint density at radius 1 is 0.696 bits per heavy atom. The molecule has 0 aromatic heterocycles. The van der Waals surface area contributed by atoms with E-state index in [1.54, 1.807) is 31.4 Å². The number of benzene rings is 2. The number of carbonyl (C=O) groups excluding carboxylic acids is 2. The summed E-state index contributed by atoms with van der Waals surface area (Å²) in [6, 6.07) is 15.4. The van der Waals surface area contributed by atoms with Gasteiger partial charge in [0.05, 0.1) is 0 Å². The van der Waals surface area contributed by atoms with Gasteiger partial charge in [-0.25, -0.2) is 0 Å². The Kier molecular flexibility index (Phi) is 6.88. The van der Waals surface area contributed by atoms with Crippen LogP contribution in [-0.2, 0) is 9.59 Å². The quantitative estimate of drug-likeness (QED) is 0.702. The van der Waals surface area contributed by atoms with Gasteiger partial charge >= 0.3 is 0 Å². The van der Waals surface area contributed by atoms with Crippen molar-refractivity contribution in [3.05, 3.63) is 48.5 Å². The van der Waals surface area contributed by atoms with Crippen LogP contribution < -0.4 is 10.6 Å². The van der Waals surface area contributed by atoms with Crippen molar-refractivity contribution >= 4 is 54.6 Å². The summed E-state index contributed by atoms with van der Waals surface area (Å²) in [6.07, 6.45) is 0. The van der Waals surface area contributed by atoms with Gasteiger partial charge < -0.3 is 10.6 Å². The monoisotopic (exact) mass is 364 g/mol. The number of hydrogen-bond donors (Lipinski definition) is 2. The molecule has 2 aromatic carbocycles. The fourth-order valence-electron chi connectivity index (χ4n) is 1.69. The molecule has 120 valence electrons. The molecule has 0 spiro atoms. The first kappa shape index (κ1) is 17.8. The van der Waals surface area contributed by atoms with Crippen LogP contribution in [0.3, 0.4) is 0 Å². The predicted molar refractivity (Wildman–Crippen MR) is 101 cm³/mol. The van der Waals surface area contributed by atoms with Crippen LogP contribution in [0.25, 0.3) is 0 Å². The van der Waals surface area contributed by atoms with Crippen molar-refractivity contribution in [1.29, 1.82) is 0 Å². The highest BCUT2D eigenvalue weighted by atomic mass is 33.5. The van der Waals surface area contributed by atoms with Crippen LogP contribution in [0, 0.1) is 0 Å². The van der Waals surface area contributed by atoms with E-state index >= 15 is 0 Å². The van der Waals surface area contributed by atoms with Crippen molar-refractivity contribution in [2.45, 2.75) is 23.6 Å². The van der Waals surface area contributed by atoms with E-state index in [-0.39, 0.29) is 11.8 Å². The second-order valence-corrected chi connectivity index (χ2v) is 8.69. The normalized spacial score (nSPS) is 10.2. The first-order valence-electron chi connectivity index (χ1n) is 6.79. The van der Waals surface area contributed by atoms with Crippen molar-refractivity contribution in [2.24, 2.45) is 0 Å². The molecule has 0 saturated carbocycles. The third kappa shape index (κ3) is 6.60. The Balaban J connectivity index is 1.80. The van der Waals surface area contributed by atoms with Crippen molar-refractivity contribution in [3.63, 3.8) is 0 Å². The van der Waals surface area contributed by atoms with Gasteiger partial charge in [-0.3, -0.25) is 9.59 Å². The van der Waals surface area contributed by atoms with Gasteiger partial charge in [-0.2, -0.15) is 0 Å². The molecule has 4 nitrogen and oxygen atoms in total. The lowest BCUT2D eigenvalue weighted by atomic mass is 10.3. The molecule has 2 rings (SSSR count). The Morgan fingerprint density at radius 3 is 1.35 bits per heavy atom. The number of carbonyl (C=O) groups is 2. The average molecular weight is 365 g/mol. The van der Waals surface area contributed by atoms with Crippen LogP contribution in [0.1, 0.15) is 13.8 Å². The van der Waals surface area contributed by atoms with Gasteiger partial charge in [0.15, 0.2) is 0 Å². The molecule has 0 aliphatic rings. The molecule has 0 atom stereocenters. The molecular formula is C16H16N2O2S3. The smallest absolute Gasteiger partial charge is 0.221 e. The highest BCUT2D eigenvalue weighted by molar-refractivity contribution is 9.09. The Labute approximate surface area is 147 Å². The Hall–Kier alpha value is -1.57. The third-order valence-corrected chi connectivity index (χ3v) is 6.46. The summed E-state index contributed by atoms with van der Waals surface area (Å²) >= 11 is 0. The standard InChI is InChI=1S/C16H16N2O2S3/c1-11(19)17-13-3-7-15(8-4-13)21-23-22-16-9-5-14(6-10-16)18-12(2)20/h3-10H,1-2H3,(H,17,19)(H,18,20). The van der Waals surface area contributed by atoms with Gasteiger partial charge in [0.2, 0.25) is 11.8 Å². The number of anilines is 2. The van der Waals surface area contributed by atoms with Gasteiger partial charge in [0.1, 0.15) is 0 Å². The molecule has 0 unspecified atom stereocenters. The maximum absolute atomic E-state index is 11.0. The maximum atomic E-state index is 11.0. The number of hydrogen-bond acceptors (Lipinski definition) is 5. The fourth-order valence-corrected chi connectivity index (χ4v) is 5.34. The molecule has 0 aliphatic carbocycles. The highest BCUT2D eigenvalue weighted by Gasteiger charge is 2.01. The molecule has 0 aliphatic heterocycles. The zero-order chi connectivity index (χ0) is 16.7. The summed E-state index contributed by atoms with van der Waals surface area (Å²) in [4.78, 5) is 24.2. The Morgan fingerprint density at radius 2 is 1.04 bits per heavy atom. The first-order chi connectivity index (χ1) is 11.0. The van der Waals surface area contributed by atoms with Crippen LogP contribution in [0.15, 0.2) is 58.3 Å². The van der Waals surface area contributed by atoms with Gasteiger partial charge in [0, 0.05) is 35.0 Å². The summed E-state index contributed by atoms with van der Waals surface area (Å²) in [5, 5.41) is 5.49. The lowest BCUT2D eigenvalue weighted by molar-refractivity contribution is -0.115. The van der Waals surface area contributed by atoms with Crippen LogP contribution in [0.2, 0.25) is 0 Å². The number of nitrogens with one attached hydrogen (secondary N) is 2. The fraction of sp³-hybridized carbons (Fsp3) is 0.125. The molecule has 0 radical (unpaired) electrons. The molecule has 0 fully saturated rings. The van der Waals surface area contributed by atoms with Gasteiger partial charge in [-0.1, -0.05) is 0 Å². The minimum Gasteiger partial charge on any atom is -0.326 e. The molecule has 0 saturated heterocycles. The van der Waals surface area contributed by atoms with Crippen molar-refractivity contribution in [2.75, 3.05) is 10.6 Å². The second kappa shape index (κ2) is 8.90. The Bertz CT molecular complexity index is 613. The summed E-state index contributed by atoms with van der Waals surface area (Å²) in [6.45, 7) is 2.98. The molecule has 7 heteroatoms. The second-order valence-electron chi connectivity index (χ2n) is 4.65. The van der Waals surface area contributed by atoms with E-state index in [1.807, 2.05) is 48.5 Å². The van der Waals surface area contributed by atoms with E-state index in [4.69, 9.17) is 0 Å². The summed E-state index contributed by atoms with van der Waals surface area (Å²) < 4.78 is 0. The molecule has 2 aromatic rings. The van der Waals surface area contributed by atoms with E-state index in [0.29, 0.717) is 0 Å². The SMILES string of the molecule is CC(=O)Nc1ccc(SSSc2ccc(NC(C)=O)cc2)cc1. The topological polar surface area (TPSA) is 58.2 Å². The van der Waals surface area contributed by atoms with E-state index in [2.05, 4.69) is 10.6 Å². The molecule has 2 N–H and O–H groups in total. The maximum Gasteiger partial charge on any atom is 0.221 e. The minimum absolute atomic E-state index is 0.0713. The summed E-state index contributed by atoms with van der Waals surface area (Å²) in [5.74, 6) is -0.143. The predicted octanol–water partition coefficient (Wildman–Crippen LogP) is 5.05. The van der Waals surface area contributed by atoms with E-state index in [9.17, 15) is 9.59 Å². The zero-order valence-corrected chi connectivity index (χ0v) is 15.1. The van der Waals surface area contributed by atoms with E-state index in [0.717, 1.165) is 21.2 Å². The van der Waals surface area contributed by atoms with Crippen molar-refractivity contribution in [1.82, 2.24) is 0 Å². The van der Waals surface area contributed by atoms with Gasteiger partial charge in [0.25, 0.3) is 0 Å². The minimum atomic E-state index is -0.0713. The summed E-state index contributed by atoms with van der Waals surface area (Å²) in [5.41, 5.74) is 1.60. The molecule has 0 heterocycles. The average Bonchev–Trinajstić information content (AvgIpc) is 2.50. The lowest BCUT2D eigenvalue weighted by Gasteiger charge is -2.05. The largest absolute Gasteiger partial charge is 0.326 e. The molecular weight excluding hydrogens is 348 g/mol. The van der Waals surface area contributed by atoms with E-state index < -0.39 is 0 Å². The van der Waals surface area contributed by atoms with Crippen LogP contribution in [0.5, 0.6) is 0 Å². The van der Waals surface area contributed by atoms with Crippen LogP contribution in [-0.4, -0.2) is 11.8 Å². The molecule has 2 amide bonds. The summed E-state index contributed by atoms with van der Waals surface area (Å²) in [7, 11) is 4.97. The van der Waals surface area contributed by atoms with Crippen LogP contribution >= 0.6 is 31.4 Å². The van der Waals surface area contributed by atoms with Crippen molar-refractivity contribution < 1.29 is 9.59 Å². The molecule has 0 bridgehead atoms. The first-order valence-corrected chi connectivity index (χ1v) is 10.3. The third-order valence-electron chi connectivity index (χ3n) is 2.61. The highest BCUT2D eigenvalue weighted by Crippen LogP contribution is 2.44. The molecule has 23 heavy (non-hydrogen) atoms. The van der Waals surface area contributed by atoms with Crippen LogP contribution in [0.4, 0.5) is 11.4 Å². The lowest BCUT2D eigenvalue weighted by Crippen LogP contribution is -2.05.